The number of anilines is 1. The number of imide groups is 1. The van der Waals surface area contributed by atoms with Gasteiger partial charge < -0.3 is 5.11 Å². The van der Waals surface area contributed by atoms with Gasteiger partial charge in [-0.15, -0.1) is 0 Å². The fourth-order valence-electron chi connectivity index (χ4n) is 5.44. The Morgan fingerprint density at radius 3 is 2.30 bits per heavy atom. The van der Waals surface area contributed by atoms with Crippen molar-refractivity contribution in [2.24, 2.45) is 11.8 Å². The fourth-order valence-corrected chi connectivity index (χ4v) is 5.44. The first kappa shape index (κ1) is 24.3. The molecule has 3 heterocycles. The second-order valence-corrected chi connectivity index (χ2v) is 9.29. The Labute approximate surface area is 212 Å². The van der Waals surface area contributed by atoms with Gasteiger partial charge in [0.05, 0.1) is 34.2 Å². The average molecular weight is 501 g/mol. The smallest absolute Gasteiger partial charge is 0.325 e. The maximum Gasteiger partial charge on any atom is 0.325 e. The zero-order valence-corrected chi connectivity index (χ0v) is 19.9. The van der Waals surface area contributed by atoms with Crippen LogP contribution in [0.1, 0.15) is 29.8 Å². The quantitative estimate of drug-likeness (QED) is 0.286. The van der Waals surface area contributed by atoms with E-state index >= 15 is 0 Å². The lowest BCUT2D eigenvalue weighted by Gasteiger charge is -2.31. The number of nitro groups is 1. The molecule has 2 aliphatic rings. The minimum absolute atomic E-state index is 0.134. The summed E-state index contributed by atoms with van der Waals surface area (Å²) in [5.41, 5.74) is 0.379. The van der Waals surface area contributed by atoms with Crippen molar-refractivity contribution in [1.29, 1.82) is 0 Å². The Hall–Kier alpha value is -4.44. The number of aryl methyl sites for hydroxylation is 1. The van der Waals surface area contributed by atoms with Gasteiger partial charge >= 0.3 is 5.97 Å². The Kier molecular flexibility index (Phi) is 6.04. The molecule has 2 aliphatic heterocycles. The largest absolute Gasteiger partial charge is 0.480 e. The first-order valence-electron chi connectivity index (χ1n) is 11.9. The number of pyridine rings is 1. The van der Waals surface area contributed by atoms with Crippen molar-refractivity contribution in [2.75, 3.05) is 4.90 Å². The first-order chi connectivity index (χ1) is 17.8. The third-order valence-corrected chi connectivity index (χ3v) is 7.28. The molecule has 2 saturated heterocycles. The van der Waals surface area contributed by atoms with E-state index in [1.165, 1.54) is 24.3 Å². The van der Waals surface area contributed by atoms with Gasteiger partial charge in [-0.1, -0.05) is 37.3 Å². The van der Waals surface area contributed by atoms with Crippen LogP contribution in [0.5, 0.6) is 0 Å². The fraction of sp³-hybridized carbons (Fsp3) is 0.259. The number of carboxylic acids is 1. The average Bonchev–Trinajstić information content (AvgIpc) is 3.39. The van der Waals surface area contributed by atoms with E-state index in [1.54, 1.807) is 36.5 Å². The molecule has 0 saturated carbocycles. The number of hydrogen-bond acceptors (Lipinski definition) is 7. The maximum absolute atomic E-state index is 13.9. The van der Waals surface area contributed by atoms with Gasteiger partial charge in [0.25, 0.3) is 5.69 Å². The van der Waals surface area contributed by atoms with E-state index in [4.69, 9.17) is 0 Å². The molecule has 0 radical (unpaired) electrons. The number of nitrogens with one attached hydrogen (secondary N) is 1. The van der Waals surface area contributed by atoms with Crippen LogP contribution in [0.25, 0.3) is 0 Å². The number of benzene rings is 2. The van der Waals surface area contributed by atoms with Gasteiger partial charge in [0.15, 0.2) is 0 Å². The van der Waals surface area contributed by atoms with Gasteiger partial charge in [-0.05, 0) is 41.8 Å². The van der Waals surface area contributed by atoms with Crippen molar-refractivity contribution in [3.8, 4) is 0 Å². The first-order valence-corrected chi connectivity index (χ1v) is 11.9. The number of nitrogens with zero attached hydrogens (tertiary/aromatic N) is 3. The molecule has 4 atom stereocenters. The van der Waals surface area contributed by atoms with E-state index in [2.05, 4.69) is 10.3 Å². The number of hydrogen-bond donors (Lipinski definition) is 2. The van der Waals surface area contributed by atoms with Crippen LogP contribution in [0.4, 0.5) is 11.4 Å². The topological polar surface area (TPSA) is 143 Å². The number of nitro benzene ring substituents is 1. The van der Waals surface area contributed by atoms with E-state index in [0.717, 1.165) is 16.9 Å². The van der Waals surface area contributed by atoms with Crippen molar-refractivity contribution >= 4 is 29.2 Å². The van der Waals surface area contributed by atoms with Crippen LogP contribution in [0, 0.1) is 22.0 Å². The lowest BCUT2D eigenvalue weighted by Crippen LogP contribution is -2.57. The van der Waals surface area contributed by atoms with Crippen molar-refractivity contribution < 1.29 is 24.4 Å². The summed E-state index contributed by atoms with van der Waals surface area (Å²) in [6.07, 6.45) is 2.18. The highest BCUT2D eigenvalue weighted by Crippen LogP contribution is 2.50. The highest BCUT2D eigenvalue weighted by molar-refractivity contribution is 6.24. The number of amides is 2. The van der Waals surface area contributed by atoms with Crippen LogP contribution >= 0.6 is 0 Å². The lowest BCUT2D eigenvalue weighted by molar-refractivity contribution is -0.384. The number of rotatable bonds is 7. The highest BCUT2D eigenvalue weighted by atomic mass is 16.6. The number of non-ortho nitro benzene ring substituents is 1. The molecule has 37 heavy (non-hydrogen) atoms. The van der Waals surface area contributed by atoms with Gasteiger partial charge in [0, 0.05) is 24.8 Å². The number of carbonyl (C=O) groups is 3. The number of carboxylic acid groups (broad SMARTS) is 1. The van der Waals surface area contributed by atoms with Crippen LogP contribution in [0.2, 0.25) is 0 Å². The summed E-state index contributed by atoms with van der Waals surface area (Å²) in [5.74, 6) is -4.60. The summed E-state index contributed by atoms with van der Waals surface area (Å²) < 4.78 is 0. The number of carbonyl (C=O) groups excluding carboxylic acids is 2. The molecule has 5 rings (SSSR count). The summed E-state index contributed by atoms with van der Waals surface area (Å²) in [5, 5.41) is 24.7. The molecule has 0 spiro atoms. The van der Waals surface area contributed by atoms with E-state index in [1.807, 2.05) is 19.1 Å². The molecule has 10 nitrogen and oxygen atoms in total. The molecule has 4 unspecified atom stereocenters. The number of fused-ring (bicyclic) bond motifs is 1. The predicted octanol–water partition coefficient (Wildman–Crippen LogP) is 3.07. The zero-order chi connectivity index (χ0) is 26.3. The number of aliphatic carboxylic acids is 1. The molecule has 0 aliphatic carbocycles. The van der Waals surface area contributed by atoms with Crippen LogP contribution < -0.4 is 10.2 Å². The van der Waals surface area contributed by atoms with E-state index in [-0.39, 0.29) is 12.1 Å². The van der Waals surface area contributed by atoms with E-state index in [9.17, 15) is 29.6 Å². The molecule has 3 aromatic rings. The second-order valence-electron chi connectivity index (χ2n) is 9.29. The molecule has 2 aromatic carbocycles. The van der Waals surface area contributed by atoms with E-state index in [0.29, 0.717) is 16.9 Å². The van der Waals surface area contributed by atoms with Crippen LogP contribution in [-0.4, -0.2) is 38.3 Å². The minimum atomic E-state index is -1.84. The Morgan fingerprint density at radius 1 is 1.05 bits per heavy atom. The molecule has 0 bridgehead atoms. The standard InChI is InChI=1S/C27H24N4O6/c1-2-16-6-10-18(11-7-16)30-24(32)21-22(25(30)33)27(26(34)35,29-23(21)20-5-3-4-14-28-20)15-17-8-12-19(13-9-17)31(36)37/h3-14,21-23,29H,2,15H2,1H3,(H,34,35). The molecule has 1 aromatic heterocycles. The Balaban J connectivity index is 1.61. The normalized spacial score (nSPS) is 24.8. The Bertz CT molecular complexity index is 1380. The zero-order valence-electron chi connectivity index (χ0n) is 19.9. The second kappa shape index (κ2) is 9.21. The van der Waals surface area contributed by atoms with Crippen LogP contribution in [-0.2, 0) is 27.2 Å². The third-order valence-electron chi connectivity index (χ3n) is 7.28. The molecule has 10 heteroatoms. The Morgan fingerprint density at radius 2 is 1.73 bits per heavy atom. The van der Waals surface area contributed by atoms with Crippen LogP contribution in [0.15, 0.2) is 72.9 Å². The molecule has 2 fully saturated rings. The van der Waals surface area contributed by atoms with Crippen LogP contribution in [0.3, 0.4) is 0 Å². The monoisotopic (exact) mass is 500 g/mol. The lowest BCUT2D eigenvalue weighted by atomic mass is 9.76. The summed E-state index contributed by atoms with van der Waals surface area (Å²) in [7, 11) is 0. The highest BCUT2D eigenvalue weighted by Gasteiger charge is 2.68. The molecular weight excluding hydrogens is 476 g/mol. The van der Waals surface area contributed by atoms with Gasteiger partial charge in [0.2, 0.25) is 11.8 Å². The SMILES string of the molecule is CCc1ccc(N2C(=O)C3C(c4ccccn4)NC(Cc4ccc([N+](=O)[O-])cc4)(C(=O)O)C3C2=O)cc1. The van der Waals surface area contributed by atoms with Gasteiger partial charge in [-0.25, -0.2) is 4.90 Å². The van der Waals surface area contributed by atoms with Crippen molar-refractivity contribution in [1.82, 2.24) is 10.3 Å². The summed E-state index contributed by atoms with van der Waals surface area (Å²) in [6.45, 7) is 1.99. The molecule has 2 amide bonds. The number of aromatic nitrogens is 1. The minimum Gasteiger partial charge on any atom is -0.480 e. The van der Waals surface area contributed by atoms with E-state index < -0.39 is 46.1 Å². The summed E-state index contributed by atoms with van der Waals surface area (Å²) >= 11 is 0. The van der Waals surface area contributed by atoms with Gasteiger partial charge in [0.1, 0.15) is 5.54 Å². The predicted molar refractivity (Wildman–Crippen MR) is 133 cm³/mol. The summed E-state index contributed by atoms with van der Waals surface area (Å²) in [6, 6.07) is 16.9. The molecule has 2 N–H and O–H groups in total. The molecular formula is C27H24N4O6. The van der Waals surface area contributed by atoms with Gasteiger partial charge in [-0.2, -0.15) is 0 Å². The van der Waals surface area contributed by atoms with Crippen molar-refractivity contribution in [3.05, 3.63) is 99.9 Å². The third kappa shape index (κ3) is 3.95. The maximum atomic E-state index is 13.9. The van der Waals surface area contributed by atoms with Crippen molar-refractivity contribution in [3.63, 3.8) is 0 Å². The summed E-state index contributed by atoms with van der Waals surface area (Å²) in [4.78, 5) is 56.6. The molecule has 188 valence electrons. The van der Waals surface area contributed by atoms with Gasteiger partial charge in [-0.3, -0.25) is 34.8 Å². The van der Waals surface area contributed by atoms with Crippen molar-refractivity contribution in [2.45, 2.75) is 31.3 Å².